The van der Waals surface area contributed by atoms with E-state index in [2.05, 4.69) is 15.4 Å². The van der Waals surface area contributed by atoms with Crippen LogP contribution in [0.5, 0.6) is 0 Å². The van der Waals surface area contributed by atoms with Crippen molar-refractivity contribution >= 4 is 5.91 Å². The van der Waals surface area contributed by atoms with Gasteiger partial charge in [-0.1, -0.05) is 0 Å². The SMILES string of the molecule is COCCN(CCC#N)C(=O)c1cn[nH]n1. The first-order chi connectivity index (χ1) is 7.79. The van der Waals surface area contributed by atoms with Gasteiger partial charge in [0, 0.05) is 20.2 Å². The number of rotatable bonds is 6. The minimum absolute atomic E-state index is 0.244. The second-order valence-corrected chi connectivity index (χ2v) is 3.05. The molecule has 0 aliphatic rings. The highest BCUT2D eigenvalue weighted by molar-refractivity contribution is 5.91. The topological polar surface area (TPSA) is 94.9 Å². The molecule has 0 unspecified atom stereocenters. The second kappa shape index (κ2) is 6.53. The van der Waals surface area contributed by atoms with E-state index in [1.54, 1.807) is 7.11 Å². The number of hydrogen-bond acceptors (Lipinski definition) is 5. The van der Waals surface area contributed by atoms with Crippen molar-refractivity contribution in [3.63, 3.8) is 0 Å². The van der Waals surface area contributed by atoms with Crippen molar-refractivity contribution in [1.82, 2.24) is 20.3 Å². The van der Waals surface area contributed by atoms with Crippen LogP contribution in [-0.4, -0.2) is 53.0 Å². The lowest BCUT2D eigenvalue weighted by molar-refractivity contribution is 0.0694. The Morgan fingerprint density at radius 2 is 2.50 bits per heavy atom. The first-order valence-corrected chi connectivity index (χ1v) is 4.80. The molecule has 7 heteroatoms. The standard InChI is InChI=1S/C9H13N5O2/c1-16-6-5-14(4-2-3-10)9(15)8-7-11-13-12-8/h7H,2,4-6H2,1H3,(H,11,12,13). The van der Waals surface area contributed by atoms with Crippen LogP contribution in [0, 0.1) is 11.3 Å². The maximum atomic E-state index is 11.9. The number of carbonyl (C=O) groups excluding carboxylic acids is 1. The lowest BCUT2D eigenvalue weighted by Crippen LogP contribution is -2.34. The molecule has 0 aliphatic carbocycles. The smallest absolute Gasteiger partial charge is 0.276 e. The normalized spacial score (nSPS) is 9.75. The summed E-state index contributed by atoms with van der Waals surface area (Å²) in [6.07, 6.45) is 1.64. The molecule has 0 spiro atoms. The summed E-state index contributed by atoms with van der Waals surface area (Å²) < 4.78 is 4.90. The van der Waals surface area contributed by atoms with Crippen molar-refractivity contribution < 1.29 is 9.53 Å². The number of hydrogen-bond donors (Lipinski definition) is 1. The summed E-state index contributed by atoms with van der Waals surface area (Å²) in [7, 11) is 1.56. The molecule has 1 aromatic heterocycles. The number of nitrogens with zero attached hydrogens (tertiary/aromatic N) is 4. The average Bonchev–Trinajstić information content (AvgIpc) is 2.82. The predicted molar refractivity (Wildman–Crippen MR) is 54.4 cm³/mol. The number of methoxy groups -OCH3 is 1. The Morgan fingerprint density at radius 3 is 3.06 bits per heavy atom. The molecular weight excluding hydrogens is 210 g/mol. The van der Waals surface area contributed by atoms with Crippen molar-refractivity contribution in [2.45, 2.75) is 6.42 Å². The van der Waals surface area contributed by atoms with E-state index in [1.165, 1.54) is 11.1 Å². The Labute approximate surface area is 93.0 Å². The van der Waals surface area contributed by atoms with Crippen molar-refractivity contribution in [1.29, 1.82) is 5.26 Å². The molecule has 0 atom stereocenters. The Hall–Kier alpha value is -1.94. The Balaban J connectivity index is 2.60. The van der Waals surface area contributed by atoms with Crippen LogP contribution in [0.4, 0.5) is 0 Å². The summed E-state index contributed by atoms with van der Waals surface area (Å²) in [5, 5.41) is 18.1. The van der Waals surface area contributed by atoms with Gasteiger partial charge < -0.3 is 9.64 Å². The van der Waals surface area contributed by atoms with Crippen LogP contribution in [0.25, 0.3) is 0 Å². The molecule has 1 heterocycles. The maximum Gasteiger partial charge on any atom is 0.276 e. The van der Waals surface area contributed by atoms with Gasteiger partial charge in [-0.3, -0.25) is 4.79 Å². The molecule has 0 radical (unpaired) electrons. The fraction of sp³-hybridized carbons (Fsp3) is 0.556. The third-order valence-electron chi connectivity index (χ3n) is 1.98. The van der Waals surface area contributed by atoms with Crippen LogP contribution in [0.3, 0.4) is 0 Å². The third kappa shape index (κ3) is 3.33. The van der Waals surface area contributed by atoms with Crippen LogP contribution in [0.15, 0.2) is 6.20 Å². The summed E-state index contributed by atoms with van der Waals surface area (Å²) in [6.45, 7) is 1.23. The van der Waals surface area contributed by atoms with E-state index in [9.17, 15) is 4.79 Å². The van der Waals surface area contributed by atoms with Gasteiger partial charge >= 0.3 is 0 Å². The van der Waals surface area contributed by atoms with E-state index < -0.39 is 0 Å². The number of carbonyl (C=O) groups is 1. The zero-order valence-electron chi connectivity index (χ0n) is 9.01. The Bertz CT molecular complexity index is 356. The van der Waals surface area contributed by atoms with Gasteiger partial charge in [0.25, 0.3) is 5.91 Å². The molecule has 0 saturated heterocycles. The van der Waals surface area contributed by atoms with E-state index in [1.807, 2.05) is 6.07 Å². The molecular formula is C9H13N5O2. The second-order valence-electron chi connectivity index (χ2n) is 3.05. The van der Waals surface area contributed by atoms with Gasteiger partial charge in [0.2, 0.25) is 0 Å². The van der Waals surface area contributed by atoms with E-state index >= 15 is 0 Å². The summed E-state index contributed by atoms with van der Waals surface area (Å²) in [6, 6.07) is 2.00. The molecule has 7 nitrogen and oxygen atoms in total. The van der Waals surface area contributed by atoms with Crippen LogP contribution in [0.2, 0.25) is 0 Å². The minimum Gasteiger partial charge on any atom is -0.383 e. The first-order valence-electron chi connectivity index (χ1n) is 4.80. The van der Waals surface area contributed by atoms with E-state index in [0.717, 1.165) is 0 Å². The first kappa shape index (κ1) is 12.1. The quantitative estimate of drug-likeness (QED) is 0.721. The zero-order chi connectivity index (χ0) is 11.8. The molecule has 0 aromatic carbocycles. The van der Waals surface area contributed by atoms with Crippen LogP contribution >= 0.6 is 0 Å². The molecule has 16 heavy (non-hydrogen) atoms. The third-order valence-corrected chi connectivity index (χ3v) is 1.98. The monoisotopic (exact) mass is 223 g/mol. The summed E-state index contributed by atoms with van der Waals surface area (Å²) in [4.78, 5) is 13.4. The summed E-state index contributed by atoms with van der Waals surface area (Å²) >= 11 is 0. The zero-order valence-corrected chi connectivity index (χ0v) is 9.01. The molecule has 0 aliphatic heterocycles. The van der Waals surface area contributed by atoms with Gasteiger partial charge in [0.15, 0.2) is 5.69 Å². The summed E-state index contributed by atoms with van der Waals surface area (Å²) in [5.74, 6) is -0.249. The van der Waals surface area contributed by atoms with E-state index in [0.29, 0.717) is 19.7 Å². The number of H-pyrrole nitrogens is 1. The Kier molecular flexibility index (Phi) is 4.95. The van der Waals surface area contributed by atoms with Gasteiger partial charge in [-0.15, -0.1) is 0 Å². The average molecular weight is 223 g/mol. The highest BCUT2D eigenvalue weighted by Crippen LogP contribution is 2.00. The number of amides is 1. The van der Waals surface area contributed by atoms with Crippen LogP contribution in [-0.2, 0) is 4.74 Å². The molecule has 0 saturated carbocycles. The van der Waals surface area contributed by atoms with Crippen molar-refractivity contribution in [3.8, 4) is 6.07 Å². The largest absolute Gasteiger partial charge is 0.383 e. The molecule has 0 bridgehead atoms. The van der Waals surface area contributed by atoms with Gasteiger partial charge in [0.05, 0.1) is 25.3 Å². The van der Waals surface area contributed by atoms with Crippen molar-refractivity contribution in [3.05, 3.63) is 11.9 Å². The minimum atomic E-state index is -0.249. The highest BCUT2D eigenvalue weighted by Gasteiger charge is 2.17. The van der Waals surface area contributed by atoms with Gasteiger partial charge in [-0.05, 0) is 0 Å². The molecule has 1 amide bonds. The predicted octanol–water partition coefficient (Wildman–Crippen LogP) is -0.193. The number of ether oxygens (including phenoxy) is 1. The molecule has 0 fully saturated rings. The maximum absolute atomic E-state index is 11.9. The molecule has 1 N–H and O–H groups in total. The van der Waals surface area contributed by atoms with Gasteiger partial charge in [0.1, 0.15) is 0 Å². The van der Waals surface area contributed by atoms with E-state index in [-0.39, 0.29) is 18.0 Å². The van der Waals surface area contributed by atoms with Gasteiger partial charge in [-0.25, -0.2) is 0 Å². The molecule has 1 rings (SSSR count). The fourth-order valence-corrected chi connectivity index (χ4v) is 1.17. The summed E-state index contributed by atoms with van der Waals surface area (Å²) in [5.41, 5.74) is 0.244. The fourth-order valence-electron chi connectivity index (χ4n) is 1.17. The number of aromatic amines is 1. The molecule has 86 valence electrons. The van der Waals surface area contributed by atoms with Crippen LogP contribution in [0.1, 0.15) is 16.9 Å². The highest BCUT2D eigenvalue weighted by atomic mass is 16.5. The number of aromatic nitrogens is 3. The lowest BCUT2D eigenvalue weighted by atomic mass is 10.3. The molecule has 1 aromatic rings. The number of nitriles is 1. The lowest BCUT2D eigenvalue weighted by Gasteiger charge is -2.19. The van der Waals surface area contributed by atoms with Gasteiger partial charge in [-0.2, -0.15) is 20.7 Å². The van der Waals surface area contributed by atoms with Crippen molar-refractivity contribution in [2.75, 3.05) is 26.8 Å². The van der Waals surface area contributed by atoms with Crippen molar-refractivity contribution in [2.24, 2.45) is 0 Å². The van der Waals surface area contributed by atoms with Crippen LogP contribution < -0.4 is 0 Å². The Morgan fingerprint density at radius 1 is 1.69 bits per heavy atom. The number of nitrogens with one attached hydrogen (secondary N) is 1. The van der Waals surface area contributed by atoms with E-state index in [4.69, 9.17) is 10.00 Å².